The van der Waals surface area contributed by atoms with E-state index in [2.05, 4.69) is 17.6 Å². The molecule has 1 aromatic rings. The molecule has 1 fully saturated rings. The van der Waals surface area contributed by atoms with Gasteiger partial charge in [0, 0.05) is 31.1 Å². The van der Waals surface area contributed by atoms with Crippen molar-refractivity contribution < 1.29 is 9.59 Å². The second kappa shape index (κ2) is 7.40. The van der Waals surface area contributed by atoms with Crippen molar-refractivity contribution >= 4 is 23.2 Å². The van der Waals surface area contributed by atoms with Gasteiger partial charge < -0.3 is 15.5 Å². The summed E-state index contributed by atoms with van der Waals surface area (Å²) in [5.74, 6) is -0.900. The van der Waals surface area contributed by atoms with Gasteiger partial charge in [-0.15, -0.1) is 11.3 Å². The molecule has 2 heterocycles. The van der Waals surface area contributed by atoms with E-state index in [4.69, 9.17) is 0 Å². The summed E-state index contributed by atoms with van der Waals surface area (Å²) < 4.78 is 0. The highest BCUT2D eigenvalue weighted by atomic mass is 32.1. The van der Waals surface area contributed by atoms with E-state index in [0.29, 0.717) is 13.1 Å². The van der Waals surface area contributed by atoms with Crippen LogP contribution in [0.15, 0.2) is 17.5 Å². The summed E-state index contributed by atoms with van der Waals surface area (Å²) in [7, 11) is 0. The summed E-state index contributed by atoms with van der Waals surface area (Å²) in [6.07, 6.45) is 1.81. The number of thiophene rings is 1. The first-order valence-electron chi connectivity index (χ1n) is 7.06. The van der Waals surface area contributed by atoms with E-state index in [9.17, 15) is 9.59 Å². The molecule has 1 aromatic heterocycles. The molecule has 0 radical (unpaired) electrons. The fourth-order valence-corrected chi connectivity index (χ4v) is 3.11. The van der Waals surface area contributed by atoms with E-state index in [-0.39, 0.29) is 6.04 Å². The van der Waals surface area contributed by atoms with Gasteiger partial charge in [0.1, 0.15) is 0 Å². The molecule has 1 atom stereocenters. The Morgan fingerprint density at radius 2 is 2.20 bits per heavy atom. The number of rotatable bonds is 4. The maximum absolute atomic E-state index is 12.1. The van der Waals surface area contributed by atoms with E-state index in [1.54, 1.807) is 16.2 Å². The number of hydrogen-bond acceptors (Lipinski definition) is 4. The van der Waals surface area contributed by atoms with E-state index in [1.165, 1.54) is 0 Å². The highest BCUT2D eigenvalue weighted by Crippen LogP contribution is 2.23. The van der Waals surface area contributed by atoms with E-state index in [1.807, 2.05) is 17.5 Å². The first-order valence-corrected chi connectivity index (χ1v) is 7.94. The minimum absolute atomic E-state index is 0.0561. The number of nitrogens with one attached hydrogen (secondary N) is 2. The molecule has 0 aliphatic carbocycles. The molecule has 1 unspecified atom stereocenters. The zero-order valence-electron chi connectivity index (χ0n) is 11.7. The van der Waals surface area contributed by atoms with Gasteiger partial charge in [0.15, 0.2) is 0 Å². The summed E-state index contributed by atoms with van der Waals surface area (Å²) in [6.45, 7) is 4.78. The van der Waals surface area contributed by atoms with E-state index in [0.717, 1.165) is 30.8 Å². The standard InChI is InChI=1S/C14H21N3O2S/c1-2-4-11(12-5-3-10-20-12)16-13(18)14(19)17-8-6-15-7-9-17/h3,5,10-11,15H,2,4,6-9H2,1H3,(H,16,18). The van der Waals surface area contributed by atoms with Gasteiger partial charge in [-0.05, 0) is 17.9 Å². The van der Waals surface area contributed by atoms with Gasteiger partial charge in [-0.1, -0.05) is 19.4 Å². The Morgan fingerprint density at radius 1 is 1.45 bits per heavy atom. The van der Waals surface area contributed by atoms with Gasteiger partial charge >= 0.3 is 11.8 Å². The van der Waals surface area contributed by atoms with E-state index >= 15 is 0 Å². The molecule has 0 bridgehead atoms. The lowest BCUT2D eigenvalue weighted by Crippen LogP contribution is -2.51. The van der Waals surface area contributed by atoms with Crippen LogP contribution in [0.5, 0.6) is 0 Å². The molecular formula is C14H21N3O2S. The van der Waals surface area contributed by atoms with Crippen molar-refractivity contribution in [3.63, 3.8) is 0 Å². The summed E-state index contributed by atoms with van der Waals surface area (Å²) in [4.78, 5) is 26.9. The largest absolute Gasteiger partial charge is 0.340 e. The van der Waals surface area contributed by atoms with Crippen LogP contribution in [0.3, 0.4) is 0 Å². The van der Waals surface area contributed by atoms with Crippen LogP contribution in [0.4, 0.5) is 0 Å². The van der Waals surface area contributed by atoms with Crippen molar-refractivity contribution in [2.24, 2.45) is 0 Å². The smallest absolute Gasteiger partial charge is 0.311 e. The molecule has 5 nitrogen and oxygen atoms in total. The van der Waals surface area contributed by atoms with Gasteiger partial charge in [-0.3, -0.25) is 9.59 Å². The molecule has 1 aliphatic heterocycles. The monoisotopic (exact) mass is 295 g/mol. The zero-order chi connectivity index (χ0) is 14.4. The van der Waals surface area contributed by atoms with Crippen LogP contribution in [-0.2, 0) is 9.59 Å². The first-order chi connectivity index (χ1) is 9.72. The van der Waals surface area contributed by atoms with Gasteiger partial charge in [-0.2, -0.15) is 0 Å². The van der Waals surface area contributed by atoms with Crippen LogP contribution in [0, 0.1) is 0 Å². The fourth-order valence-electron chi connectivity index (χ4n) is 2.30. The van der Waals surface area contributed by atoms with Crippen LogP contribution >= 0.6 is 11.3 Å². The van der Waals surface area contributed by atoms with Crippen molar-refractivity contribution in [1.82, 2.24) is 15.5 Å². The summed E-state index contributed by atoms with van der Waals surface area (Å²) in [5, 5.41) is 8.03. The van der Waals surface area contributed by atoms with Crippen molar-refractivity contribution in [3.05, 3.63) is 22.4 Å². The second-order valence-corrected chi connectivity index (χ2v) is 5.85. The third-order valence-corrected chi connectivity index (χ3v) is 4.35. The van der Waals surface area contributed by atoms with Crippen LogP contribution in [0.2, 0.25) is 0 Å². The van der Waals surface area contributed by atoms with Crippen molar-refractivity contribution in [1.29, 1.82) is 0 Å². The van der Waals surface area contributed by atoms with Crippen molar-refractivity contribution in [2.75, 3.05) is 26.2 Å². The molecule has 2 rings (SSSR count). The Hall–Kier alpha value is -1.40. The molecule has 20 heavy (non-hydrogen) atoms. The lowest BCUT2D eigenvalue weighted by molar-refractivity contribution is -0.146. The lowest BCUT2D eigenvalue weighted by atomic mass is 10.1. The Bertz CT molecular complexity index is 441. The average Bonchev–Trinajstić information content (AvgIpc) is 3.01. The highest BCUT2D eigenvalue weighted by Gasteiger charge is 2.25. The molecule has 0 aromatic carbocycles. The molecule has 6 heteroatoms. The lowest BCUT2D eigenvalue weighted by Gasteiger charge is -2.27. The van der Waals surface area contributed by atoms with Gasteiger partial charge in [0.05, 0.1) is 6.04 Å². The van der Waals surface area contributed by atoms with Gasteiger partial charge in [0.2, 0.25) is 0 Å². The topological polar surface area (TPSA) is 61.4 Å². The van der Waals surface area contributed by atoms with E-state index < -0.39 is 11.8 Å². The first kappa shape index (κ1) is 15.0. The molecule has 2 amide bonds. The molecule has 1 saturated heterocycles. The van der Waals surface area contributed by atoms with Gasteiger partial charge in [-0.25, -0.2) is 0 Å². The molecule has 0 spiro atoms. The van der Waals surface area contributed by atoms with Gasteiger partial charge in [0.25, 0.3) is 0 Å². The number of hydrogen-bond donors (Lipinski definition) is 2. The minimum Gasteiger partial charge on any atom is -0.340 e. The maximum atomic E-state index is 12.1. The summed E-state index contributed by atoms with van der Waals surface area (Å²) in [6, 6.07) is 3.91. The fraction of sp³-hybridized carbons (Fsp3) is 0.571. The van der Waals surface area contributed by atoms with Crippen molar-refractivity contribution in [3.8, 4) is 0 Å². The molecule has 2 N–H and O–H groups in total. The number of carbonyl (C=O) groups is 2. The number of nitrogens with zero attached hydrogens (tertiary/aromatic N) is 1. The van der Waals surface area contributed by atoms with Crippen LogP contribution in [-0.4, -0.2) is 42.9 Å². The second-order valence-electron chi connectivity index (χ2n) is 4.87. The van der Waals surface area contributed by atoms with Crippen LogP contribution in [0.25, 0.3) is 0 Å². The summed E-state index contributed by atoms with van der Waals surface area (Å²) >= 11 is 1.61. The van der Waals surface area contributed by atoms with Crippen LogP contribution in [0.1, 0.15) is 30.7 Å². The predicted molar refractivity (Wildman–Crippen MR) is 79.6 cm³/mol. The van der Waals surface area contributed by atoms with Crippen LogP contribution < -0.4 is 10.6 Å². The molecule has 0 saturated carbocycles. The quantitative estimate of drug-likeness (QED) is 0.819. The summed E-state index contributed by atoms with van der Waals surface area (Å²) in [5.41, 5.74) is 0. The number of amides is 2. The Labute approximate surface area is 123 Å². The number of carbonyl (C=O) groups excluding carboxylic acids is 2. The Kier molecular flexibility index (Phi) is 5.55. The zero-order valence-corrected chi connectivity index (χ0v) is 12.5. The Balaban J connectivity index is 1.95. The SMILES string of the molecule is CCCC(NC(=O)C(=O)N1CCNCC1)c1cccs1. The third-order valence-electron chi connectivity index (χ3n) is 3.37. The maximum Gasteiger partial charge on any atom is 0.311 e. The minimum atomic E-state index is -0.487. The number of piperazine rings is 1. The normalized spacial score (nSPS) is 16.8. The average molecular weight is 295 g/mol. The Morgan fingerprint density at radius 3 is 2.80 bits per heavy atom. The molecule has 1 aliphatic rings. The molecule has 110 valence electrons. The highest BCUT2D eigenvalue weighted by molar-refractivity contribution is 7.10. The van der Waals surface area contributed by atoms with Crippen molar-refractivity contribution in [2.45, 2.75) is 25.8 Å². The third kappa shape index (κ3) is 3.80. The predicted octanol–water partition coefficient (Wildman–Crippen LogP) is 1.14. The molecular weight excluding hydrogens is 274 g/mol.